The Kier molecular flexibility index (Phi) is 9.70. The zero-order chi connectivity index (χ0) is 29.0. The third kappa shape index (κ3) is 8.46. The van der Waals surface area contributed by atoms with Crippen molar-refractivity contribution >= 4 is 35.6 Å². The van der Waals surface area contributed by atoms with Crippen molar-refractivity contribution in [2.24, 2.45) is 0 Å². The quantitative estimate of drug-likeness (QED) is 0.264. The molecule has 0 bridgehead atoms. The van der Waals surface area contributed by atoms with Crippen molar-refractivity contribution in [3.63, 3.8) is 0 Å². The van der Waals surface area contributed by atoms with E-state index in [0.29, 0.717) is 35.2 Å². The van der Waals surface area contributed by atoms with E-state index in [1.54, 1.807) is 43.9 Å². The topological polar surface area (TPSA) is 82.1 Å². The predicted octanol–water partition coefficient (Wildman–Crippen LogP) is 7.22. The van der Waals surface area contributed by atoms with Gasteiger partial charge in [0.2, 0.25) is 0 Å². The van der Waals surface area contributed by atoms with Crippen LogP contribution in [0.2, 0.25) is 5.02 Å². The summed E-state index contributed by atoms with van der Waals surface area (Å²) in [6.45, 7) is 13.5. The average molecular weight is 558 g/mol. The van der Waals surface area contributed by atoms with Gasteiger partial charge in [0.15, 0.2) is 0 Å². The molecule has 2 aromatic rings. The number of nitrogens with zero attached hydrogens (tertiary/aromatic N) is 1. The van der Waals surface area contributed by atoms with E-state index in [-0.39, 0.29) is 12.3 Å². The molecule has 0 saturated carbocycles. The number of benzene rings is 2. The van der Waals surface area contributed by atoms with Gasteiger partial charge < -0.3 is 19.0 Å². The minimum absolute atomic E-state index is 0.110. The summed E-state index contributed by atoms with van der Waals surface area (Å²) in [4.78, 5) is 39.6. The summed E-state index contributed by atoms with van der Waals surface area (Å²) in [7, 11) is 0. The van der Waals surface area contributed by atoms with Gasteiger partial charge in [-0.05, 0) is 88.9 Å². The van der Waals surface area contributed by atoms with Crippen LogP contribution in [0.4, 0.5) is 10.5 Å². The highest BCUT2D eigenvalue weighted by Gasteiger charge is 2.33. The van der Waals surface area contributed by atoms with Crippen molar-refractivity contribution in [3.05, 3.63) is 58.1 Å². The van der Waals surface area contributed by atoms with E-state index >= 15 is 0 Å². The van der Waals surface area contributed by atoms with Gasteiger partial charge >= 0.3 is 12.1 Å². The molecular weight excluding hydrogens is 518 g/mol. The van der Waals surface area contributed by atoms with Crippen molar-refractivity contribution in [2.75, 3.05) is 18.1 Å². The molecule has 8 heteroatoms. The Morgan fingerprint density at radius 1 is 1.08 bits per heavy atom. The van der Waals surface area contributed by atoms with E-state index in [2.05, 4.69) is 6.92 Å². The number of aldehydes is 1. The van der Waals surface area contributed by atoms with E-state index < -0.39 is 29.2 Å². The number of fused-ring (bicyclic) bond motifs is 1. The predicted molar refractivity (Wildman–Crippen MR) is 153 cm³/mol. The molecule has 1 amide bonds. The number of carbonyl (C=O) groups excluding carboxylic acids is 3. The third-order valence-corrected chi connectivity index (χ3v) is 6.43. The van der Waals surface area contributed by atoms with Gasteiger partial charge in [0, 0.05) is 17.5 Å². The minimum Gasteiger partial charge on any atom is -0.491 e. The number of hydrogen-bond acceptors (Lipinski definition) is 6. The molecule has 1 aliphatic rings. The highest BCUT2D eigenvalue weighted by atomic mass is 35.5. The summed E-state index contributed by atoms with van der Waals surface area (Å²) in [5.74, 6) is -0.853. The van der Waals surface area contributed by atoms with Crippen molar-refractivity contribution < 1.29 is 28.6 Å². The fraction of sp³-hybridized carbons (Fsp3) is 0.516. The van der Waals surface area contributed by atoms with Crippen molar-refractivity contribution in [2.45, 2.75) is 90.8 Å². The molecule has 2 unspecified atom stereocenters. The number of amides is 1. The molecule has 39 heavy (non-hydrogen) atoms. The first kappa shape index (κ1) is 30.5. The molecule has 0 radical (unpaired) electrons. The molecule has 0 fully saturated rings. The van der Waals surface area contributed by atoms with E-state index in [1.807, 2.05) is 39.0 Å². The van der Waals surface area contributed by atoms with Gasteiger partial charge in [-0.3, -0.25) is 9.69 Å². The fourth-order valence-electron chi connectivity index (χ4n) is 4.60. The lowest BCUT2D eigenvalue weighted by molar-refractivity contribution is -0.155. The standard InChI is InChI=1S/C31H40ClNO6/c1-8-9-21-14-24(32)11-12-25(21)23-17-33(29(36)39-31(5,6)7)26-15-20(10-13-27(26)37-19-23)22(18-34)16-28(35)38-30(2,3)4/h10-15,18,22-23H,8-9,16-17,19H2,1-7H3. The smallest absolute Gasteiger partial charge is 0.414 e. The number of hydrogen-bond donors (Lipinski definition) is 0. The Hall–Kier alpha value is -3.06. The molecule has 2 aromatic carbocycles. The summed E-state index contributed by atoms with van der Waals surface area (Å²) in [5.41, 5.74) is 1.89. The summed E-state index contributed by atoms with van der Waals surface area (Å²) in [6, 6.07) is 11.1. The van der Waals surface area contributed by atoms with Gasteiger partial charge in [0.05, 0.1) is 24.6 Å². The second-order valence-electron chi connectivity index (χ2n) is 12.0. The van der Waals surface area contributed by atoms with Crippen molar-refractivity contribution in [1.29, 1.82) is 0 Å². The number of ether oxygens (including phenoxy) is 3. The summed E-state index contributed by atoms with van der Waals surface area (Å²) in [5, 5.41) is 0.665. The van der Waals surface area contributed by atoms with Crippen molar-refractivity contribution in [1.82, 2.24) is 0 Å². The summed E-state index contributed by atoms with van der Waals surface area (Å²) in [6.07, 6.45) is 1.90. The molecule has 0 spiro atoms. The molecule has 0 aromatic heterocycles. The number of aryl methyl sites for hydroxylation is 1. The van der Waals surface area contributed by atoms with Crippen LogP contribution in [0.1, 0.15) is 89.8 Å². The number of esters is 1. The molecule has 0 N–H and O–H groups in total. The molecule has 2 atom stereocenters. The summed E-state index contributed by atoms with van der Waals surface area (Å²) < 4.78 is 17.5. The fourth-order valence-corrected chi connectivity index (χ4v) is 4.80. The van der Waals surface area contributed by atoms with Gasteiger partial charge in [-0.1, -0.05) is 37.1 Å². The number of rotatable bonds is 7. The van der Waals surface area contributed by atoms with E-state index in [1.165, 1.54) is 0 Å². The van der Waals surface area contributed by atoms with Crippen LogP contribution < -0.4 is 9.64 Å². The Bertz CT molecular complexity index is 1200. The van der Waals surface area contributed by atoms with Crippen LogP contribution in [0.15, 0.2) is 36.4 Å². The van der Waals surface area contributed by atoms with Gasteiger partial charge in [0.25, 0.3) is 0 Å². The lowest BCUT2D eigenvalue weighted by Crippen LogP contribution is -2.39. The molecular formula is C31H40ClNO6. The molecule has 3 rings (SSSR count). The van der Waals surface area contributed by atoms with Crippen molar-refractivity contribution in [3.8, 4) is 5.75 Å². The van der Waals surface area contributed by atoms with Crippen LogP contribution in [0.25, 0.3) is 0 Å². The molecule has 0 aliphatic carbocycles. The lowest BCUT2D eigenvalue weighted by Gasteiger charge is -2.29. The van der Waals surface area contributed by atoms with Crippen LogP contribution in [0, 0.1) is 0 Å². The van der Waals surface area contributed by atoms with Gasteiger partial charge in [-0.2, -0.15) is 0 Å². The van der Waals surface area contributed by atoms with Gasteiger partial charge in [-0.15, -0.1) is 0 Å². The lowest BCUT2D eigenvalue weighted by atomic mass is 9.92. The zero-order valence-corrected chi connectivity index (χ0v) is 24.8. The second-order valence-corrected chi connectivity index (χ2v) is 12.4. The highest BCUT2D eigenvalue weighted by molar-refractivity contribution is 6.30. The first-order chi connectivity index (χ1) is 18.2. The Labute approximate surface area is 236 Å². The number of anilines is 1. The second kappa shape index (κ2) is 12.4. The molecule has 212 valence electrons. The Morgan fingerprint density at radius 3 is 2.38 bits per heavy atom. The van der Waals surface area contributed by atoms with Gasteiger partial charge in [0.1, 0.15) is 23.2 Å². The number of halogens is 1. The van der Waals surface area contributed by atoms with Gasteiger partial charge in [-0.25, -0.2) is 4.79 Å². The minimum atomic E-state index is -0.739. The van der Waals surface area contributed by atoms with Crippen LogP contribution in [0.3, 0.4) is 0 Å². The SMILES string of the molecule is CCCc1cc(Cl)ccc1C1COc2ccc(C(C=O)CC(=O)OC(C)(C)C)cc2N(C(=O)OC(C)(C)C)C1. The van der Waals surface area contributed by atoms with E-state index in [9.17, 15) is 14.4 Å². The van der Waals surface area contributed by atoms with E-state index in [4.69, 9.17) is 25.8 Å². The van der Waals surface area contributed by atoms with Crippen LogP contribution >= 0.6 is 11.6 Å². The summed E-state index contributed by atoms with van der Waals surface area (Å²) >= 11 is 6.30. The maximum Gasteiger partial charge on any atom is 0.414 e. The number of carbonyl (C=O) groups is 3. The molecule has 0 saturated heterocycles. The third-order valence-electron chi connectivity index (χ3n) is 6.19. The molecule has 1 aliphatic heterocycles. The normalized spacial score (nSPS) is 16.4. The Morgan fingerprint density at radius 2 is 1.77 bits per heavy atom. The Balaban J connectivity index is 2.02. The highest BCUT2D eigenvalue weighted by Crippen LogP contribution is 2.39. The monoisotopic (exact) mass is 557 g/mol. The average Bonchev–Trinajstić information content (AvgIpc) is 3.00. The zero-order valence-electron chi connectivity index (χ0n) is 24.0. The molecule has 7 nitrogen and oxygen atoms in total. The maximum absolute atomic E-state index is 13.5. The van der Waals surface area contributed by atoms with Crippen LogP contribution in [-0.4, -0.2) is 42.7 Å². The first-order valence-electron chi connectivity index (χ1n) is 13.4. The molecule has 1 heterocycles. The first-order valence-corrected chi connectivity index (χ1v) is 13.8. The van der Waals surface area contributed by atoms with Crippen LogP contribution in [-0.2, 0) is 25.5 Å². The van der Waals surface area contributed by atoms with Crippen LogP contribution in [0.5, 0.6) is 5.75 Å². The van der Waals surface area contributed by atoms with E-state index in [0.717, 1.165) is 30.3 Å². The largest absolute Gasteiger partial charge is 0.491 e. The maximum atomic E-state index is 13.5.